The molecule has 0 aliphatic rings. The summed E-state index contributed by atoms with van der Waals surface area (Å²) in [6.07, 6.45) is 6.89. The number of benzene rings is 1. The molecule has 2 heterocycles. The maximum absolute atomic E-state index is 11.3. The van der Waals surface area contributed by atoms with Gasteiger partial charge in [-0.05, 0) is 23.8 Å². The molecule has 0 saturated carbocycles. The van der Waals surface area contributed by atoms with Crippen LogP contribution in [0.1, 0.15) is 12.5 Å². The van der Waals surface area contributed by atoms with Crippen molar-refractivity contribution in [3.8, 4) is 17.0 Å². The highest BCUT2D eigenvalue weighted by atomic mass is 16.5. The predicted octanol–water partition coefficient (Wildman–Crippen LogP) is 3.12. The quantitative estimate of drug-likeness (QED) is 0.711. The van der Waals surface area contributed by atoms with Crippen molar-refractivity contribution in [1.29, 1.82) is 0 Å². The molecule has 0 radical (unpaired) electrons. The van der Waals surface area contributed by atoms with Crippen LogP contribution >= 0.6 is 0 Å². The Hall–Kier alpha value is -3.48. The fourth-order valence-corrected chi connectivity index (χ4v) is 2.43. The number of amides is 1. The minimum Gasteiger partial charge on any atom is -0.495 e. The minimum atomic E-state index is -0.155. The van der Waals surface area contributed by atoms with Gasteiger partial charge in [-0.1, -0.05) is 12.1 Å². The van der Waals surface area contributed by atoms with Gasteiger partial charge in [0, 0.05) is 31.4 Å². The first kappa shape index (κ1) is 17.3. The third-order valence-corrected chi connectivity index (χ3v) is 3.64. The van der Waals surface area contributed by atoms with E-state index in [1.54, 1.807) is 38.0 Å². The maximum atomic E-state index is 11.3. The van der Waals surface area contributed by atoms with Gasteiger partial charge >= 0.3 is 0 Å². The summed E-state index contributed by atoms with van der Waals surface area (Å²) in [7, 11) is 1.56. The average Bonchev–Trinajstić information content (AvgIpc) is 2.67. The van der Waals surface area contributed by atoms with Gasteiger partial charge in [0.2, 0.25) is 5.91 Å². The molecule has 1 amide bonds. The zero-order valence-electron chi connectivity index (χ0n) is 14.6. The van der Waals surface area contributed by atoms with Crippen molar-refractivity contribution >= 4 is 17.4 Å². The summed E-state index contributed by atoms with van der Waals surface area (Å²) in [5, 5.41) is 5.97. The monoisotopic (exact) mass is 349 g/mol. The average molecular weight is 349 g/mol. The van der Waals surface area contributed by atoms with Crippen molar-refractivity contribution in [2.45, 2.75) is 13.5 Å². The molecule has 0 spiro atoms. The number of rotatable bonds is 6. The highest BCUT2D eigenvalue weighted by molar-refractivity contribution is 5.91. The van der Waals surface area contributed by atoms with Crippen molar-refractivity contribution in [1.82, 2.24) is 15.0 Å². The molecule has 3 aromatic rings. The third-order valence-electron chi connectivity index (χ3n) is 3.64. The molecule has 132 valence electrons. The molecule has 0 atom stereocenters. The summed E-state index contributed by atoms with van der Waals surface area (Å²) in [5.74, 6) is 1.07. The second-order valence-corrected chi connectivity index (χ2v) is 5.60. The van der Waals surface area contributed by atoms with Crippen LogP contribution in [0.2, 0.25) is 0 Å². The third kappa shape index (κ3) is 4.32. The largest absolute Gasteiger partial charge is 0.495 e. The second-order valence-electron chi connectivity index (χ2n) is 5.60. The zero-order valence-corrected chi connectivity index (χ0v) is 14.6. The molecule has 0 aliphatic heterocycles. The lowest BCUT2D eigenvalue weighted by molar-refractivity contribution is -0.114. The number of ether oxygens (including phenoxy) is 1. The summed E-state index contributed by atoms with van der Waals surface area (Å²) < 4.78 is 5.36. The number of hydrogen-bond donors (Lipinski definition) is 2. The minimum absolute atomic E-state index is 0.155. The van der Waals surface area contributed by atoms with Crippen LogP contribution in [0.5, 0.6) is 5.75 Å². The first-order valence-electron chi connectivity index (χ1n) is 8.06. The lowest BCUT2D eigenvalue weighted by atomic mass is 10.1. The van der Waals surface area contributed by atoms with Crippen molar-refractivity contribution in [2.75, 3.05) is 17.7 Å². The van der Waals surface area contributed by atoms with Gasteiger partial charge in [-0.3, -0.25) is 14.8 Å². The molecule has 1 aromatic carbocycles. The standard InChI is InChI=1S/C19H19N5O2/c1-13(25)23-16-6-5-15(8-18(16)26-2)17-11-21-12-19(24-17)22-10-14-4-3-7-20-9-14/h3-9,11-12H,10H2,1-2H3,(H,22,24)(H,23,25). The van der Waals surface area contributed by atoms with E-state index in [1.165, 1.54) is 6.92 Å². The molecule has 0 saturated heterocycles. The van der Waals surface area contributed by atoms with Crippen LogP contribution < -0.4 is 15.4 Å². The molecule has 2 N–H and O–H groups in total. The van der Waals surface area contributed by atoms with Crippen molar-refractivity contribution < 1.29 is 9.53 Å². The highest BCUT2D eigenvalue weighted by Gasteiger charge is 2.09. The number of aromatic nitrogens is 3. The molecule has 7 heteroatoms. The van der Waals surface area contributed by atoms with Crippen molar-refractivity contribution in [3.63, 3.8) is 0 Å². The Labute approximate surface area is 151 Å². The summed E-state index contributed by atoms with van der Waals surface area (Å²) in [4.78, 5) is 24.2. The van der Waals surface area contributed by atoms with E-state index in [2.05, 4.69) is 25.6 Å². The Balaban J connectivity index is 1.80. The number of methoxy groups -OCH3 is 1. The summed E-state index contributed by atoms with van der Waals surface area (Å²) in [6.45, 7) is 2.06. The molecular weight excluding hydrogens is 330 g/mol. The second kappa shape index (κ2) is 8.06. The molecule has 26 heavy (non-hydrogen) atoms. The first-order valence-corrected chi connectivity index (χ1v) is 8.06. The molecular formula is C19H19N5O2. The van der Waals surface area contributed by atoms with E-state index in [4.69, 9.17) is 4.74 Å². The number of nitrogens with one attached hydrogen (secondary N) is 2. The Morgan fingerprint density at radius 1 is 1.15 bits per heavy atom. The van der Waals surface area contributed by atoms with E-state index in [0.717, 1.165) is 11.1 Å². The lowest BCUT2D eigenvalue weighted by Gasteiger charge is -2.11. The van der Waals surface area contributed by atoms with Crippen LogP contribution in [-0.4, -0.2) is 28.0 Å². The first-order chi connectivity index (χ1) is 12.7. The van der Waals surface area contributed by atoms with Gasteiger partial charge in [-0.25, -0.2) is 4.98 Å². The van der Waals surface area contributed by atoms with E-state index < -0.39 is 0 Å². The predicted molar refractivity (Wildman–Crippen MR) is 99.9 cm³/mol. The SMILES string of the molecule is COc1cc(-c2cncc(NCc3cccnc3)n2)ccc1NC(C)=O. The van der Waals surface area contributed by atoms with Gasteiger partial charge in [0.25, 0.3) is 0 Å². The number of pyridine rings is 1. The Kier molecular flexibility index (Phi) is 5.38. The lowest BCUT2D eigenvalue weighted by Crippen LogP contribution is -2.07. The van der Waals surface area contributed by atoms with Gasteiger partial charge in [-0.2, -0.15) is 0 Å². The van der Waals surface area contributed by atoms with Crippen LogP contribution in [0.15, 0.2) is 55.1 Å². The number of carbonyl (C=O) groups is 1. The molecule has 0 bridgehead atoms. The summed E-state index contributed by atoms with van der Waals surface area (Å²) in [6, 6.07) is 9.35. The Morgan fingerprint density at radius 3 is 2.77 bits per heavy atom. The molecule has 0 aliphatic carbocycles. The number of carbonyl (C=O) groups excluding carboxylic acids is 1. The summed E-state index contributed by atoms with van der Waals surface area (Å²) >= 11 is 0. The molecule has 0 unspecified atom stereocenters. The number of nitrogens with zero attached hydrogens (tertiary/aromatic N) is 3. The maximum Gasteiger partial charge on any atom is 0.221 e. The smallest absolute Gasteiger partial charge is 0.221 e. The van der Waals surface area contributed by atoms with Gasteiger partial charge in [0.05, 0.1) is 30.9 Å². The van der Waals surface area contributed by atoms with Crippen LogP contribution in [0.3, 0.4) is 0 Å². The Bertz CT molecular complexity index is 899. The topological polar surface area (TPSA) is 89.0 Å². The van der Waals surface area contributed by atoms with Crippen LogP contribution in [0, 0.1) is 0 Å². The summed E-state index contributed by atoms with van der Waals surface area (Å²) in [5.41, 5.74) is 3.21. The van der Waals surface area contributed by atoms with Crippen molar-refractivity contribution in [2.24, 2.45) is 0 Å². The fraction of sp³-hybridized carbons (Fsp3) is 0.158. The molecule has 2 aromatic heterocycles. The number of anilines is 2. The normalized spacial score (nSPS) is 10.2. The van der Waals surface area contributed by atoms with Gasteiger partial charge in [-0.15, -0.1) is 0 Å². The van der Waals surface area contributed by atoms with E-state index in [-0.39, 0.29) is 5.91 Å². The van der Waals surface area contributed by atoms with Gasteiger partial charge < -0.3 is 15.4 Å². The van der Waals surface area contributed by atoms with E-state index in [0.29, 0.717) is 29.5 Å². The van der Waals surface area contributed by atoms with Crippen LogP contribution in [-0.2, 0) is 11.3 Å². The fourth-order valence-electron chi connectivity index (χ4n) is 2.43. The van der Waals surface area contributed by atoms with E-state index in [1.807, 2.05) is 24.3 Å². The Morgan fingerprint density at radius 2 is 2.04 bits per heavy atom. The van der Waals surface area contributed by atoms with Crippen LogP contribution in [0.4, 0.5) is 11.5 Å². The highest BCUT2D eigenvalue weighted by Crippen LogP contribution is 2.30. The molecule has 3 rings (SSSR count). The van der Waals surface area contributed by atoms with E-state index >= 15 is 0 Å². The molecule has 7 nitrogen and oxygen atoms in total. The number of hydrogen-bond acceptors (Lipinski definition) is 6. The van der Waals surface area contributed by atoms with Gasteiger partial charge in [0.1, 0.15) is 11.6 Å². The zero-order chi connectivity index (χ0) is 18.4. The molecule has 0 fully saturated rings. The van der Waals surface area contributed by atoms with Crippen LogP contribution in [0.25, 0.3) is 11.3 Å². The van der Waals surface area contributed by atoms with E-state index in [9.17, 15) is 4.79 Å². The van der Waals surface area contributed by atoms with Gasteiger partial charge in [0.15, 0.2) is 0 Å². The van der Waals surface area contributed by atoms with Crippen molar-refractivity contribution in [3.05, 3.63) is 60.7 Å².